The molecule has 3 aromatic heterocycles. The second-order valence-electron chi connectivity index (χ2n) is 10.3. The highest BCUT2D eigenvalue weighted by molar-refractivity contribution is 7.89. The van der Waals surface area contributed by atoms with E-state index in [1.807, 2.05) is 0 Å². The van der Waals surface area contributed by atoms with Crippen molar-refractivity contribution in [2.24, 2.45) is 18.4 Å². The van der Waals surface area contributed by atoms with Crippen LogP contribution in [0.25, 0.3) is 5.69 Å². The molecule has 1 aromatic carbocycles. The Bertz CT molecular complexity index is 1750. The van der Waals surface area contributed by atoms with Crippen molar-refractivity contribution in [2.45, 2.75) is 30.5 Å². The maximum Gasteiger partial charge on any atom is 0.416 e. The van der Waals surface area contributed by atoms with Crippen LogP contribution in [0.1, 0.15) is 33.7 Å². The second kappa shape index (κ2) is 9.55. The van der Waals surface area contributed by atoms with Gasteiger partial charge in [0.1, 0.15) is 11.5 Å². The Hall–Kier alpha value is -3.98. The molecule has 1 aliphatic carbocycles. The highest BCUT2D eigenvalue weighted by atomic mass is 32.2. The zero-order chi connectivity index (χ0) is 29.2. The van der Waals surface area contributed by atoms with Gasteiger partial charge in [0.05, 0.1) is 29.1 Å². The lowest BCUT2D eigenvalue weighted by molar-refractivity contribution is -0.137. The van der Waals surface area contributed by atoms with Crippen LogP contribution in [0.15, 0.2) is 60.0 Å². The van der Waals surface area contributed by atoms with Gasteiger partial charge < -0.3 is 0 Å². The summed E-state index contributed by atoms with van der Waals surface area (Å²) < 4.78 is 83.9. The van der Waals surface area contributed by atoms with Crippen molar-refractivity contribution in [3.8, 4) is 5.69 Å². The van der Waals surface area contributed by atoms with Crippen molar-refractivity contribution in [3.05, 3.63) is 83.3 Å². The molecule has 4 heterocycles. The molecule has 2 atom stereocenters. The van der Waals surface area contributed by atoms with Crippen molar-refractivity contribution < 1.29 is 30.8 Å². The molecule has 1 fully saturated rings. The first-order valence-electron chi connectivity index (χ1n) is 12.6. The van der Waals surface area contributed by atoms with E-state index in [1.165, 1.54) is 19.2 Å². The van der Waals surface area contributed by atoms with Crippen LogP contribution in [0.5, 0.6) is 0 Å². The van der Waals surface area contributed by atoms with Crippen molar-refractivity contribution >= 4 is 15.8 Å². The molecule has 2 aliphatic rings. The molecule has 0 bridgehead atoms. The summed E-state index contributed by atoms with van der Waals surface area (Å²) in [5.74, 6) is -1.53. The smallest absolute Gasteiger partial charge is 0.292 e. The molecule has 41 heavy (non-hydrogen) atoms. The number of halogens is 4. The van der Waals surface area contributed by atoms with Crippen LogP contribution >= 0.6 is 0 Å². The predicted octanol–water partition coefficient (Wildman–Crippen LogP) is 3.23. The molecule has 4 aromatic rings. The van der Waals surface area contributed by atoms with Crippen molar-refractivity contribution in [3.63, 3.8) is 0 Å². The molecule has 6 rings (SSSR count). The van der Waals surface area contributed by atoms with E-state index in [4.69, 9.17) is 0 Å². The van der Waals surface area contributed by atoms with Gasteiger partial charge in [-0.1, -0.05) is 0 Å². The number of fused-ring (bicyclic) bond motifs is 2. The predicted molar refractivity (Wildman–Crippen MR) is 135 cm³/mol. The molecule has 0 N–H and O–H groups in total. The fraction of sp³-hybridized carbons (Fsp3) is 0.346. The molecule has 0 radical (unpaired) electrons. The van der Waals surface area contributed by atoms with E-state index in [2.05, 4.69) is 20.3 Å². The van der Waals surface area contributed by atoms with Gasteiger partial charge in [0.15, 0.2) is 5.78 Å². The Morgan fingerprint density at radius 1 is 1.10 bits per heavy atom. The third-order valence-electron chi connectivity index (χ3n) is 7.89. The molecule has 1 aliphatic heterocycles. The fourth-order valence-corrected chi connectivity index (χ4v) is 7.27. The van der Waals surface area contributed by atoms with Crippen LogP contribution in [-0.4, -0.2) is 61.4 Å². The maximum atomic E-state index is 14.2. The zero-order valence-electron chi connectivity index (χ0n) is 21.6. The number of alkyl halides is 3. The largest absolute Gasteiger partial charge is 0.416 e. The summed E-state index contributed by atoms with van der Waals surface area (Å²) in [5.41, 5.74) is -0.818. The Balaban J connectivity index is 1.44. The number of aryl methyl sites for hydroxylation is 1. The normalized spacial score (nSPS) is 21.3. The first-order valence-corrected chi connectivity index (χ1v) is 14.1. The summed E-state index contributed by atoms with van der Waals surface area (Å²) in [6.45, 7) is -0.219. The summed E-state index contributed by atoms with van der Waals surface area (Å²) in [4.78, 5) is 19.3. The molecular weight excluding hydrogens is 566 g/mol. The summed E-state index contributed by atoms with van der Waals surface area (Å²) in [5, 5.41) is 11.9. The number of pyridine rings is 1. The monoisotopic (exact) mass is 589 g/mol. The molecule has 10 nitrogen and oxygen atoms in total. The molecule has 0 amide bonds. The number of hydrogen-bond acceptors (Lipinski definition) is 7. The van der Waals surface area contributed by atoms with Gasteiger partial charge in [-0.3, -0.25) is 9.78 Å². The summed E-state index contributed by atoms with van der Waals surface area (Å²) in [7, 11) is -2.70. The van der Waals surface area contributed by atoms with Crippen LogP contribution in [0, 0.1) is 17.2 Å². The van der Waals surface area contributed by atoms with Crippen molar-refractivity contribution in [2.75, 3.05) is 13.1 Å². The minimum absolute atomic E-state index is 0.0252. The van der Waals surface area contributed by atoms with E-state index < -0.39 is 50.4 Å². The SMILES string of the molecule is Cn1ncc(S(=O)(=O)N2CCC3Cc4c(cnn4-c4ccc(F)cc4)CC3(C(=O)c3cc(C(F)(F)F)ccn3)C2)n1. The van der Waals surface area contributed by atoms with E-state index in [-0.39, 0.29) is 31.0 Å². The van der Waals surface area contributed by atoms with Crippen LogP contribution in [0.3, 0.4) is 0 Å². The molecule has 0 spiro atoms. The van der Waals surface area contributed by atoms with Crippen molar-refractivity contribution in [1.82, 2.24) is 34.1 Å². The van der Waals surface area contributed by atoms with Gasteiger partial charge >= 0.3 is 6.18 Å². The molecule has 1 saturated heterocycles. The zero-order valence-corrected chi connectivity index (χ0v) is 22.4. The minimum Gasteiger partial charge on any atom is -0.292 e. The number of ketones is 1. The number of piperidine rings is 1. The first kappa shape index (κ1) is 27.2. The Morgan fingerprint density at radius 2 is 1.85 bits per heavy atom. The number of sulfonamides is 1. The van der Waals surface area contributed by atoms with Crippen molar-refractivity contribution in [1.29, 1.82) is 0 Å². The van der Waals surface area contributed by atoms with E-state index in [0.717, 1.165) is 33.3 Å². The van der Waals surface area contributed by atoms with E-state index in [1.54, 1.807) is 23.0 Å². The highest BCUT2D eigenvalue weighted by Gasteiger charge is 2.55. The third-order valence-corrected chi connectivity index (χ3v) is 9.60. The molecule has 214 valence electrons. The van der Waals surface area contributed by atoms with Gasteiger partial charge in [0.25, 0.3) is 10.0 Å². The number of nitrogens with zero attached hydrogens (tertiary/aromatic N) is 7. The van der Waals surface area contributed by atoms with Gasteiger partial charge in [-0.05, 0) is 67.1 Å². The Labute approximate surface area is 231 Å². The number of aromatic nitrogens is 6. The van der Waals surface area contributed by atoms with Gasteiger partial charge in [0, 0.05) is 32.0 Å². The van der Waals surface area contributed by atoms with Gasteiger partial charge in [-0.2, -0.15) is 32.5 Å². The minimum atomic E-state index is -4.70. The van der Waals surface area contributed by atoms with Crippen LogP contribution in [0.2, 0.25) is 0 Å². The molecular formula is C26H23F4N7O3S. The molecule has 15 heteroatoms. The highest BCUT2D eigenvalue weighted by Crippen LogP contribution is 2.48. The topological polar surface area (TPSA) is 116 Å². The van der Waals surface area contributed by atoms with Crippen LogP contribution in [-0.2, 0) is 36.1 Å². The number of hydrogen-bond donors (Lipinski definition) is 0. The summed E-state index contributed by atoms with van der Waals surface area (Å²) in [6.07, 6.45) is -0.528. The maximum absolute atomic E-state index is 14.2. The summed E-state index contributed by atoms with van der Waals surface area (Å²) in [6, 6.07) is 7.23. The van der Waals surface area contributed by atoms with Crippen LogP contribution < -0.4 is 0 Å². The standard InChI is InChI=1S/C26H23F4N7O3S/c1-35-32-14-23(34-35)41(39,40)36-9-7-17-11-22-16(13-33-37(22)20-4-2-19(27)3-5-20)12-25(17,15-36)24(38)21-10-18(6-8-31-21)26(28,29)30/h2-6,8,10,13-14,17H,7,9,11-12,15H2,1H3. The lowest BCUT2D eigenvalue weighted by atomic mass is 9.60. The second-order valence-corrected chi connectivity index (χ2v) is 12.2. The lowest BCUT2D eigenvalue weighted by Gasteiger charge is -2.48. The Morgan fingerprint density at radius 3 is 2.54 bits per heavy atom. The van der Waals surface area contributed by atoms with E-state index >= 15 is 0 Å². The number of carbonyl (C=O) groups excluding carboxylic acids is 1. The average molecular weight is 590 g/mol. The average Bonchev–Trinajstić information content (AvgIpc) is 3.57. The van der Waals surface area contributed by atoms with Gasteiger partial charge in [-0.25, -0.2) is 17.5 Å². The third kappa shape index (κ3) is 4.62. The van der Waals surface area contributed by atoms with Crippen LogP contribution in [0.4, 0.5) is 17.6 Å². The van der Waals surface area contributed by atoms with Gasteiger partial charge in [-0.15, -0.1) is 5.10 Å². The quantitative estimate of drug-likeness (QED) is 0.259. The van der Waals surface area contributed by atoms with E-state index in [9.17, 15) is 30.8 Å². The summed E-state index contributed by atoms with van der Waals surface area (Å²) >= 11 is 0. The number of carbonyl (C=O) groups is 1. The lowest BCUT2D eigenvalue weighted by Crippen LogP contribution is -2.57. The van der Waals surface area contributed by atoms with E-state index in [0.29, 0.717) is 23.7 Å². The molecule has 0 saturated carbocycles. The van der Waals surface area contributed by atoms with Gasteiger partial charge in [0.2, 0.25) is 5.03 Å². The molecule has 2 unspecified atom stereocenters. The Kier molecular flexibility index (Phi) is 6.33. The number of rotatable bonds is 5. The number of benzene rings is 1. The first-order chi connectivity index (χ1) is 19.4. The fourth-order valence-electron chi connectivity index (χ4n) is 5.85. The number of Topliss-reactive ketones (excluding diaryl/α,β-unsaturated/α-hetero) is 1.